The van der Waals surface area contributed by atoms with Crippen LogP contribution in [0.3, 0.4) is 0 Å². The molecule has 0 spiro atoms. The Morgan fingerprint density at radius 1 is 0.917 bits per heavy atom. The lowest BCUT2D eigenvalue weighted by atomic mass is 10.2. The van der Waals surface area contributed by atoms with E-state index in [1.54, 1.807) is 0 Å². The van der Waals surface area contributed by atoms with Gasteiger partial charge in [-0.25, -0.2) is 0 Å². The lowest BCUT2D eigenvalue weighted by Gasteiger charge is -1.98. The molecule has 12 heavy (non-hydrogen) atoms. The molecule has 0 unspecified atom stereocenters. The van der Waals surface area contributed by atoms with Crippen molar-refractivity contribution in [3.8, 4) is 0 Å². The summed E-state index contributed by atoms with van der Waals surface area (Å²) >= 11 is 0. The molecule has 4 heteroatoms. The van der Waals surface area contributed by atoms with E-state index in [0.29, 0.717) is 0 Å². The molecule has 0 atom stereocenters. The molecule has 0 aliphatic heterocycles. The first-order chi connectivity index (χ1) is 5.62. The number of hydrogen-bond donors (Lipinski definition) is 4. The predicted octanol–water partition coefficient (Wildman–Crippen LogP) is -0.568. The first kappa shape index (κ1) is 14.4. The van der Waals surface area contributed by atoms with Crippen molar-refractivity contribution in [2.75, 3.05) is 13.1 Å². The molecule has 0 aliphatic carbocycles. The molecule has 6 N–H and O–H groups in total. The summed E-state index contributed by atoms with van der Waals surface area (Å²) in [5, 5.41) is 17.1. The van der Waals surface area contributed by atoms with Crippen LogP contribution < -0.4 is 11.5 Å². The zero-order chi connectivity index (χ0) is 9.98. The van der Waals surface area contributed by atoms with E-state index in [1.165, 1.54) is 0 Å². The van der Waals surface area contributed by atoms with Gasteiger partial charge in [0.25, 0.3) is 0 Å². The van der Waals surface area contributed by atoms with Crippen molar-refractivity contribution < 1.29 is 10.2 Å². The van der Waals surface area contributed by atoms with Crippen LogP contribution in [0.2, 0.25) is 0 Å². The lowest BCUT2D eigenvalue weighted by molar-refractivity contribution is 0.166. The van der Waals surface area contributed by atoms with E-state index in [9.17, 15) is 0 Å². The van der Waals surface area contributed by atoms with Crippen molar-refractivity contribution in [1.29, 1.82) is 0 Å². The minimum atomic E-state index is -0.509. The van der Waals surface area contributed by atoms with Gasteiger partial charge in [-0.1, -0.05) is 13.8 Å². The van der Waals surface area contributed by atoms with Gasteiger partial charge in [0.15, 0.2) is 0 Å². The van der Waals surface area contributed by atoms with Crippen LogP contribution in [-0.4, -0.2) is 35.5 Å². The standard InChI is InChI=1S/C5H12O.C3H10N2O/c1-3-5(6)4-2;4-1-3(6)2-5/h5-6H,3-4H2,1-2H3;3,6H,1-2,4-5H2. The van der Waals surface area contributed by atoms with E-state index < -0.39 is 6.10 Å². The Hall–Kier alpha value is -0.160. The van der Waals surface area contributed by atoms with Crippen LogP contribution in [0.15, 0.2) is 0 Å². The van der Waals surface area contributed by atoms with E-state index in [1.807, 2.05) is 13.8 Å². The summed E-state index contributed by atoms with van der Waals surface area (Å²) in [6.07, 6.45) is 1.20. The topological polar surface area (TPSA) is 92.5 Å². The van der Waals surface area contributed by atoms with Crippen molar-refractivity contribution >= 4 is 0 Å². The van der Waals surface area contributed by atoms with Gasteiger partial charge in [-0.05, 0) is 12.8 Å². The number of nitrogens with two attached hydrogens (primary N) is 2. The van der Waals surface area contributed by atoms with Gasteiger partial charge in [-0.3, -0.25) is 0 Å². The van der Waals surface area contributed by atoms with Gasteiger partial charge < -0.3 is 21.7 Å². The number of rotatable bonds is 4. The van der Waals surface area contributed by atoms with Crippen LogP contribution in [0.1, 0.15) is 26.7 Å². The molecular weight excluding hydrogens is 156 g/mol. The highest BCUT2D eigenvalue weighted by atomic mass is 16.3. The highest BCUT2D eigenvalue weighted by Crippen LogP contribution is 1.91. The second-order valence-electron chi connectivity index (χ2n) is 2.60. The van der Waals surface area contributed by atoms with Gasteiger partial charge in [0, 0.05) is 13.1 Å². The minimum absolute atomic E-state index is 0.0648. The Bertz CT molecular complexity index is 63.5. The Morgan fingerprint density at radius 2 is 1.25 bits per heavy atom. The molecule has 0 aliphatic rings. The fraction of sp³-hybridized carbons (Fsp3) is 1.00. The normalized spacial score (nSPS) is 10.0. The number of aliphatic hydroxyl groups excluding tert-OH is 2. The van der Waals surface area contributed by atoms with Gasteiger partial charge in [0.1, 0.15) is 0 Å². The van der Waals surface area contributed by atoms with E-state index in [4.69, 9.17) is 21.7 Å². The average Bonchev–Trinajstić information content (AvgIpc) is 2.16. The van der Waals surface area contributed by atoms with Crippen molar-refractivity contribution in [3.05, 3.63) is 0 Å². The lowest BCUT2D eigenvalue weighted by Crippen LogP contribution is -2.27. The zero-order valence-electron chi connectivity index (χ0n) is 8.03. The summed E-state index contributed by atoms with van der Waals surface area (Å²) in [4.78, 5) is 0. The Balaban J connectivity index is 0. The minimum Gasteiger partial charge on any atom is -0.393 e. The van der Waals surface area contributed by atoms with Gasteiger partial charge in [-0.15, -0.1) is 0 Å². The Morgan fingerprint density at radius 3 is 1.25 bits per heavy atom. The van der Waals surface area contributed by atoms with Gasteiger partial charge >= 0.3 is 0 Å². The molecule has 76 valence electrons. The number of aliphatic hydroxyl groups is 2. The summed E-state index contributed by atoms with van der Waals surface area (Å²) in [5.74, 6) is 0. The highest BCUT2D eigenvalue weighted by molar-refractivity contribution is 4.52. The first-order valence-corrected chi connectivity index (χ1v) is 4.38. The van der Waals surface area contributed by atoms with Crippen molar-refractivity contribution in [1.82, 2.24) is 0 Å². The molecular formula is C8H22N2O2. The highest BCUT2D eigenvalue weighted by Gasteiger charge is 1.91. The largest absolute Gasteiger partial charge is 0.393 e. The third-order valence-electron chi connectivity index (χ3n) is 1.49. The predicted molar refractivity (Wildman–Crippen MR) is 50.7 cm³/mol. The smallest absolute Gasteiger partial charge is 0.0784 e. The molecule has 0 saturated carbocycles. The monoisotopic (exact) mass is 178 g/mol. The first-order valence-electron chi connectivity index (χ1n) is 4.38. The van der Waals surface area contributed by atoms with Crippen LogP contribution in [0.5, 0.6) is 0 Å². The molecule has 0 aromatic carbocycles. The SMILES string of the molecule is CCC(O)CC.NCC(O)CN. The molecule has 4 nitrogen and oxygen atoms in total. The quantitative estimate of drug-likeness (QED) is 0.464. The Kier molecular flexibility index (Phi) is 13.0. The Labute approximate surface area is 74.6 Å². The molecule has 0 heterocycles. The third-order valence-corrected chi connectivity index (χ3v) is 1.49. The van der Waals surface area contributed by atoms with E-state index in [-0.39, 0.29) is 19.2 Å². The van der Waals surface area contributed by atoms with E-state index >= 15 is 0 Å². The summed E-state index contributed by atoms with van der Waals surface area (Å²) in [6.45, 7) is 4.48. The van der Waals surface area contributed by atoms with Gasteiger partial charge in [0.2, 0.25) is 0 Å². The second kappa shape index (κ2) is 10.8. The second-order valence-corrected chi connectivity index (χ2v) is 2.60. The van der Waals surface area contributed by atoms with E-state index in [0.717, 1.165) is 12.8 Å². The summed E-state index contributed by atoms with van der Waals surface area (Å²) in [7, 11) is 0. The maximum absolute atomic E-state index is 8.67. The molecule has 0 aromatic rings. The third kappa shape index (κ3) is 12.5. The molecule has 0 saturated heterocycles. The van der Waals surface area contributed by atoms with Crippen LogP contribution in [0.4, 0.5) is 0 Å². The summed E-state index contributed by atoms with van der Waals surface area (Å²) < 4.78 is 0. The molecule has 0 fully saturated rings. The molecule has 0 radical (unpaired) electrons. The molecule has 0 rings (SSSR count). The molecule has 0 aromatic heterocycles. The van der Waals surface area contributed by atoms with Crippen molar-refractivity contribution in [3.63, 3.8) is 0 Å². The fourth-order valence-corrected chi connectivity index (χ4v) is 0.385. The van der Waals surface area contributed by atoms with Gasteiger partial charge in [0.05, 0.1) is 12.2 Å². The van der Waals surface area contributed by atoms with Crippen LogP contribution in [0, 0.1) is 0 Å². The van der Waals surface area contributed by atoms with Crippen molar-refractivity contribution in [2.24, 2.45) is 11.5 Å². The number of hydrogen-bond acceptors (Lipinski definition) is 4. The zero-order valence-corrected chi connectivity index (χ0v) is 8.03. The van der Waals surface area contributed by atoms with Crippen LogP contribution in [0.25, 0.3) is 0 Å². The average molecular weight is 178 g/mol. The maximum Gasteiger partial charge on any atom is 0.0784 e. The van der Waals surface area contributed by atoms with Crippen LogP contribution in [-0.2, 0) is 0 Å². The van der Waals surface area contributed by atoms with Gasteiger partial charge in [-0.2, -0.15) is 0 Å². The fourth-order valence-electron chi connectivity index (χ4n) is 0.385. The molecule has 0 amide bonds. The van der Waals surface area contributed by atoms with Crippen molar-refractivity contribution in [2.45, 2.75) is 38.9 Å². The molecule has 0 bridgehead atoms. The van der Waals surface area contributed by atoms with Crippen LogP contribution >= 0.6 is 0 Å². The summed E-state index contributed by atoms with van der Waals surface area (Å²) in [5.41, 5.74) is 9.91. The maximum atomic E-state index is 8.67. The summed E-state index contributed by atoms with van der Waals surface area (Å²) in [6, 6.07) is 0. The van der Waals surface area contributed by atoms with E-state index in [2.05, 4.69) is 0 Å².